The number of aryl methyl sites for hydroxylation is 1. The second-order valence-electron chi connectivity index (χ2n) is 3.58. The van der Waals surface area contributed by atoms with E-state index in [1.165, 1.54) is 6.07 Å². The summed E-state index contributed by atoms with van der Waals surface area (Å²) in [6.45, 7) is 2.99. The summed E-state index contributed by atoms with van der Waals surface area (Å²) in [5.74, 6) is -0.0173. The van der Waals surface area contributed by atoms with Gasteiger partial charge in [0.2, 0.25) is 0 Å². The van der Waals surface area contributed by atoms with E-state index in [0.29, 0.717) is 18.9 Å². The van der Waals surface area contributed by atoms with Crippen molar-refractivity contribution in [2.45, 2.75) is 13.5 Å². The molecule has 4 heteroatoms. The molecule has 0 saturated carbocycles. The van der Waals surface area contributed by atoms with E-state index in [1.54, 1.807) is 24.7 Å². The number of hydrogen-bond acceptors (Lipinski definition) is 2. The highest BCUT2D eigenvalue weighted by Gasteiger charge is 2.02. The normalized spacial score (nSPS) is 10.4. The molecule has 0 fully saturated rings. The lowest BCUT2D eigenvalue weighted by Gasteiger charge is -2.08. The van der Waals surface area contributed by atoms with Crippen molar-refractivity contribution >= 4 is 0 Å². The molecular weight excluding hydrogens is 207 g/mol. The minimum absolute atomic E-state index is 0.306. The second-order valence-corrected chi connectivity index (χ2v) is 3.58. The van der Waals surface area contributed by atoms with E-state index in [1.807, 2.05) is 17.7 Å². The van der Waals surface area contributed by atoms with Gasteiger partial charge in [-0.15, -0.1) is 0 Å². The topological polar surface area (TPSA) is 27.1 Å². The van der Waals surface area contributed by atoms with E-state index in [9.17, 15) is 4.39 Å². The van der Waals surface area contributed by atoms with Crippen LogP contribution in [-0.2, 0) is 6.54 Å². The van der Waals surface area contributed by atoms with Crippen molar-refractivity contribution in [3.8, 4) is 5.75 Å². The molecular formula is C12H13FN2O. The molecule has 1 aromatic carbocycles. The molecule has 0 unspecified atom stereocenters. The highest BCUT2D eigenvalue weighted by atomic mass is 19.1. The van der Waals surface area contributed by atoms with Crippen LogP contribution in [0.2, 0.25) is 0 Å². The molecule has 1 heterocycles. The summed E-state index contributed by atoms with van der Waals surface area (Å²) >= 11 is 0. The number of halogens is 1. The molecule has 0 aliphatic rings. The van der Waals surface area contributed by atoms with E-state index in [2.05, 4.69) is 4.98 Å². The lowest BCUT2D eigenvalue weighted by molar-refractivity contribution is 0.284. The smallest absolute Gasteiger partial charge is 0.165 e. The third-order valence-electron chi connectivity index (χ3n) is 2.25. The van der Waals surface area contributed by atoms with Crippen LogP contribution in [0.4, 0.5) is 4.39 Å². The Morgan fingerprint density at radius 2 is 2.31 bits per heavy atom. The van der Waals surface area contributed by atoms with Crippen LogP contribution in [0.1, 0.15) is 5.56 Å². The quantitative estimate of drug-likeness (QED) is 0.791. The molecule has 0 amide bonds. The van der Waals surface area contributed by atoms with E-state index in [-0.39, 0.29) is 5.82 Å². The van der Waals surface area contributed by atoms with E-state index < -0.39 is 0 Å². The van der Waals surface area contributed by atoms with E-state index in [4.69, 9.17) is 4.74 Å². The largest absolute Gasteiger partial charge is 0.489 e. The van der Waals surface area contributed by atoms with Crippen LogP contribution in [0.5, 0.6) is 5.75 Å². The van der Waals surface area contributed by atoms with Crippen LogP contribution < -0.4 is 4.74 Å². The molecule has 0 bridgehead atoms. The van der Waals surface area contributed by atoms with Crippen molar-refractivity contribution in [1.29, 1.82) is 0 Å². The first-order valence-electron chi connectivity index (χ1n) is 5.10. The van der Waals surface area contributed by atoms with Gasteiger partial charge in [0, 0.05) is 12.4 Å². The monoisotopic (exact) mass is 220 g/mol. The summed E-state index contributed by atoms with van der Waals surface area (Å²) in [5, 5.41) is 0. The fourth-order valence-corrected chi connectivity index (χ4v) is 1.40. The third-order valence-corrected chi connectivity index (χ3v) is 2.25. The van der Waals surface area contributed by atoms with Gasteiger partial charge < -0.3 is 9.30 Å². The minimum atomic E-state index is -0.323. The van der Waals surface area contributed by atoms with Crippen molar-refractivity contribution in [1.82, 2.24) is 9.55 Å². The first-order chi connectivity index (χ1) is 7.75. The lowest BCUT2D eigenvalue weighted by Crippen LogP contribution is -2.07. The number of imidazole rings is 1. The van der Waals surface area contributed by atoms with Gasteiger partial charge in [-0.05, 0) is 24.6 Å². The Kier molecular flexibility index (Phi) is 3.19. The zero-order chi connectivity index (χ0) is 11.4. The van der Waals surface area contributed by atoms with Crippen molar-refractivity contribution < 1.29 is 9.13 Å². The van der Waals surface area contributed by atoms with Crippen LogP contribution in [0.25, 0.3) is 0 Å². The Morgan fingerprint density at radius 1 is 1.44 bits per heavy atom. The van der Waals surface area contributed by atoms with Gasteiger partial charge in [0.05, 0.1) is 12.9 Å². The van der Waals surface area contributed by atoms with Crippen LogP contribution in [0, 0.1) is 12.7 Å². The van der Waals surface area contributed by atoms with Crippen molar-refractivity contribution in [2.24, 2.45) is 0 Å². The maximum absolute atomic E-state index is 13.3. The summed E-state index contributed by atoms with van der Waals surface area (Å²) < 4.78 is 20.5. The average molecular weight is 220 g/mol. The van der Waals surface area contributed by atoms with Gasteiger partial charge in [-0.25, -0.2) is 9.37 Å². The molecule has 84 valence electrons. The number of ether oxygens (including phenoxy) is 1. The molecule has 0 aliphatic carbocycles. The molecule has 0 radical (unpaired) electrons. The fraction of sp³-hybridized carbons (Fsp3) is 0.250. The number of benzene rings is 1. The molecule has 0 spiro atoms. The maximum Gasteiger partial charge on any atom is 0.165 e. The summed E-state index contributed by atoms with van der Waals surface area (Å²) in [4.78, 5) is 3.91. The molecule has 0 saturated heterocycles. The number of hydrogen-bond donors (Lipinski definition) is 0. The zero-order valence-electron chi connectivity index (χ0n) is 9.06. The Balaban J connectivity index is 1.92. The maximum atomic E-state index is 13.3. The summed E-state index contributed by atoms with van der Waals surface area (Å²) in [5.41, 5.74) is 0.985. The van der Waals surface area contributed by atoms with Gasteiger partial charge in [-0.1, -0.05) is 6.07 Å². The number of aromatic nitrogens is 2. The summed E-state index contributed by atoms with van der Waals surface area (Å²) in [7, 11) is 0. The van der Waals surface area contributed by atoms with Crippen molar-refractivity contribution in [3.63, 3.8) is 0 Å². The molecule has 0 atom stereocenters. The van der Waals surface area contributed by atoms with E-state index >= 15 is 0 Å². The van der Waals surface area contributed by atoms with E-state index in [0.717, 1.165) is 5.56 Å². The highest BCUT2D eigenvalue weighted by Crippen LogP contribution is 2.18. The van der Waals surface area contributed by atoms with Gasteiger partial charge >= 0.3 is 0 Å². The van der Waals surface area contributed by atoms with Gasteiger partial charge in [-0.2, -0.15) is 0 Å². The molecule has 1 aromatic heterocycles. The first kappa shape index (κ1) is 10.7. The first-order valence-corrected chi connectivity index (χ1v) is 5.10. The predicted octanol–water partition coefficient (Wildman–Crippen LogP) is 2.41. The molecule has 2 aromatic rings. The van der Waals surface area contributed by atoms with Gasteiger partial charge in [0.1, 0.15) is 6.61 Å². The molecule has 0 N–H and O–H groups in total. The third kappa shape index (κ3) is 2.59. The second kappa shape index (κ2) is 4.79. The van der Waals surface area contributed by atoms with Gasteiger partial charge in [-0.3, -0.25) is 0 Å². The summed E-state index contributed by atoms with van der Waals surface area (Å²) in [6.07, 6.45) is 5.25. The molecule has 16 heavy (non-hydrogen) atoms. The Bertz CT molecular complexity index is 454. The molecule has 2 rings (SSSR count). The van der Waals surface area contributed by atoms with Crippen molar-refractivity contribution in [3.05, 3.63) is 48.3 Å². The lowest BCUT2D eigenvalue weighted by atomic mass is 10.2. The van der Waals surface area contributed by atoms with Crippen molar-refractivity contribution in [2.75, 3.05) is 6.61 Å². The SMILES string of the molecule is Cc1ccc(F)c(OCCn2ccnc2)c1. The van der Waals surface area contributed by atoms with Crippen LogP contribution in [0.3, 0.4) is 0 Å². The highest BCUT2D eigenvalue weighted by molar-refractivity contribution is 5.29. The van der Waals surface area contributed by atoms with Crippen LogP contribution >= 0.6 is 0 Å². The Hall–Kier alpha value is -1.84. The average Bonchev–Trinajstić information content (AvgIpc) is 2.76. The summed E-state index contributed by atoms with van der Waals surface area (Å²) in [6, 6.07) is 4.84. The van der Waals surface area contributed by atoms with Gasteiger partial charge in [0.15, 0.2) is 11.6 Å². The number of nitrogens with zero attached hydrogens (tertiary/aromatic N) is 2. The molecule has 0 aliphatic heterocycles. The molecule has 3 nitrogen and oxygen atoms in total. The number of rotatable bonds is 4. The Morgan fingerprint density at radius 3 is 3.06 bits per heavy atom. The van der Waals surface area contributed by atoms with Gasteiger partial charge in [0.25, 0.3) is 0 Å². The fourth-order valence-electron chi connectivity index (χ4n) is 1.40. The minimum Gasteiger partial charge on any atom is -0.489 e. The van der Waals surface area contributed by atoms with Crippen LogP contribution in [-0.4, -0.2) is 16.2 Å². The standard InChI is InChI=1S/C12H13FN2O/c1-10-2-3-11(13)12(8-10)16-7-6-15-5-4-14-9-15/h2-5,8-9H,6-7H2,1H3. The van der Waals surface area contributed by atoms with Crippen LogP contribution in [0.15, 0.2) is 36.9 Å². The zero-order valence-corrected chi connectivity index (χ0v) is 9.06. The predicted molar refractivity (Wildman–Crippen MR) is 58.9 cm³/mol. The Labute approximate surface area is 93.5 Å².